The number of rotatable bonds is 7. The lowest BCUT2D eigenvalue weighted by molar-refractivity contribution is 0.0951. The van der Waals surface area contributed by atoms with Crippen molar-refractivity contribution in [2.24, 2.45) is 0 Å². The summed E-state index contributed by atoms with van der Waals surface area (Å²) in [5.41, 5.74) is 0.938. The van der Waals surface area contributed by atoms with E-state index in [9.17, 15) is 14.0 Å². The molecular formula is C21H22FN3O2. The fraction of sp³-hybridized carbons (Fsp3) is 0.286. The number of fused-ring (bicyclic) bond motifs is 1. The van der Waals surface area contributed by atoms with E-state index < -0.39 is 5.56 Å². The first-order valence-electron chi connectivity index (χ1n) is 9.11. The topological polar surface area (TPSA) is 64.0 Å². The maximum atomic E-state index is 13.2. The van der Waals surface area contributed by atoms with Crippen molar-refractivity contribution in [1.82, 2.24) is 14.9 Å². The molecule has 1 aromatic carbocycles. The molecule has 2 aromatic heterocycles. The predicted molar refractivity (Wildman–Crippen MR) is 103 cm³/mol. The maximum absolute atomic E-state index is 13.2. The molecule has 0 aliphatic carbocycles. The van der Waals surface area contributed by atoms with Gasteiger partial charge in [-0.2, -0.15) is 0 Å². The minimum absolute atomic E-state index is 0.0918. The van der Waals surface area contributed by atoms with Crippen LogP contribution in [0.2, 0.25) is 0 Å². The molecular weight excluding hydrogens is 345 g/mol. The van der Waals surface area contributed by atoms with Gasteiger partial charge in [0.15, 0.2) is 0 Å². The van der Waals surface area contributed by atoms with Crippen LogP contribution in [0, 0.1) is 5.82 Å². The van der Waals surface area contributed by atoms with Gasteiger partial charge in [-0.25, -0.2) is 9.37 Å². The summed E-state index contributed by atoms with van der Waals surface area (Å²) in [6, 6.07) is 11.1. The van der Waals surface area contributed by atoms with Crippen molar-refractivity contribution in [3.8, 4) is 0 Å². The predicted octanol–water partition coefficient (Wildman–Crippen LogP) is 3.50. The molecule has 3 aromatic rings. The first kappa shape index (κ1) is 18.8. The Morgan fingerprint density at radius 2 is 1.96 bits per heavy atom. The van der Waals surface area contributed by atoms with Crippen molar-refractivity contribution in [1.29, 1.82) is 0 Å². The zero-order chi connectivity index (χ0) is 19.2. The van der Waals surface area contributed by atoms with E-state index in [0.717, 1.165) is 24.8 Å². The van der Waals surface area contributed by atoms with Crippen LogP contribution in [-0.4, -0.2) is 22.0 Å². The van der Waals surface area contributed by atoms with Gasteiger partial charge in [-0.3, -0.25) is 14.2 Å². The largest absolute Gasteiger partial charge is 0.352 e. The van der Waals surface area contributed by atoms with E-state index in [1.54, 1.807) is 30.5 Å². The second-order valence-electron chi connectivity index (χ2n) is 6.46. The number of nitrogens with one attached hydrogen (secondary N) is 1. The summed E-state index contributed by atoms with van der Waals surface area (Å²) in [5.74, 6) is -0.719. The molecule has 0 saturated heterocycles. The zero-order valence-electron chi connectivity index (χ0n) is 15.2. The summed E-state index contributed by atoms with van der Waals surface area (Å²) in [7, 11) is 0. The quantitative estimate of drug-likeness (QED) is 0.650. The Kier molecular flexibility index (Phi) is 5.96. The van der Waals surface area contributed by atoms with Gasteiger partial charge >= 0.3 is 0 Å². The van der Waals surface area contributed by atoms with Gasteiger partial charge in [-0.1, -0.05) is 31.9 Å². The molecule has 2 heterocycles. The number of halogens is 1. The van der Waals surface area contributed by atoms with Gasteiger partial charge in [-0.15, -0.1) is 0 Å². The SMILES string of the molecule is CCCCCNC(=O)c1cc2cccnc2n(Cc2ccc(F)cc2)c1=O. The Bertz CT molecular complexity index is 996. The van der Waals surface area contributed by atoms with E-state index in [1.165, 1.54) is 16.7 Å². The second-order valence-corrected chi connectivity index (χ2v) is 6.46. The third-order valence-corrected chi connectivity index (χ3v) is 4.41. The summed E-state index contributed by atoms with van der Waals surface area (Å²) >= 11 is 0. The van der Waals surface area contributed by atoms with Crippen LogP contribution in [0.1, 0.15) is 42.1 Å². The summed E-state index contributed by atoms with van der Waals surface area (Å²) in [4.78, 5) is 29.8. The highest BCUT2D eigenvalue weighted by molar-refractivity contribution is 5.96. The number of carbonyl (C=O) groups excluding carboxylic acids is 1. The molecule has 27 heavy (non-hydrogen) atoms. The Hall–Kier alpha value is -3.02. The van der Waals surface area contributed by atoms with Gasteiger partial charge in [0.2, 0.25) is 0 Å². The van der Waals surface area contributed by atoms with Crippen molar-refractivity contribution in [2.45, 2.75) is 32.7 Å². The van der Waals surface area contributed by atoms with Crippen molar-refractivity contribution in [3.63, 3.8) is 0 Å². The third-order valence-electron chi connectivity index (χ3n) is 4.41. The number of unbranched alkanes of at least 4 members (excludes halogenated alkanes) is 2. The molecule has 5 nitrogen and oxygen atoms in total. The Morgan fingerprint density at radius 1 is 1.19 bits per heavy atom. The molecule has 140 valence electrons. The average molecular weight is 367 g/mol. The van der Waals surface area contributed by atoms with Crippen molar-refractivity contribution >= 4 is 16.9 Å². The molecule has 0 bridgehead atoms. The van der Waals surface area contributed by atoms with Gasteiger partial charge in [0.05, 0.1) is 6.54 Å². The molecule has 0 spiro atoms. The lowest BCUT2D eigenvalue weighted by Gasteiger charge is -2.12. The number of aromatic nitrogens is 2. The summed E-state index contributed by atoms with van der Waals surface area (Å²) in [6.07, 6.45) is 4.56. The highest BCUT2D eigenvalue weighted by Crippen LogP contribution is 2.13. The van der Waals surface area contributed by atoms with Crippen molar-refractivity contribution in [2.75, 3.05) is 6.54 Å². The minimum Gasteiger partial charge on any atom is -0.352 e. The van der Waals surface area contributed by atoms with Crippen LogP contribution in [0.25, 0.3) is 11.0 Å². The van der Waals surface area contributed by atoms with Gasteiger partial charge in [0.25, 0.3) is 11.5 Å². The number of pyridine rings is 2. The number of benzene rings is 1. The molecule has 0 radical (unpaired) electrons. The van der Waals surface area contributed by atoms with Crippen LogP contribution in [-0.2, 0) is 6.54 Å². The van der Waals surface area contributed by atoms with Crippen LogP contribution >= 0.6 is 0 Å². The molecule has 3 rings (SSSR count). The van der Waals surface area contributed by atoms with E-state index in [1.807, 2.05) is 6.07 Å². The van der Waals surface area contributed by atoms with Gasteiger partial charge in [-0.05, 0) is 42.3 Å². The monoisotopic (exact) mass is 367 g/mol. The first-order chi connectivity index (χ1) is 13.1. The van der Waals surface area contributed by atoms with Gasteiger partial charge in [0, 0.05) is 18.1 Å². The number of hydrogen-bond acceptors (Lipinski definition) is 3. The Labute approximate surface area is 156 Å². The van der Waals surface area contributed by atoms with E-state index in [2.05, 4.69) is 17.2 Å². The van der Waals surface area contributed by atoms with Gasteiger partial charge < -0.3 is 5.32 Å². The van der Waals surface area contributed by atoms with E-state index >= 15 is 0 Å². The van der Waals surface area contributed by atoms with Crippen LogP contribution in [0.5, 0.6) is 0 Å². The maximum Gasteiger partial charge on any atom is 0.265 e. The smallest absolute Gasteiger partial charge is 0.265 e. The van der Waals surface area contributed by atoms with Crippen LogP contribution in [0.15, 0.2) is 53.5 Å². The van der Waals surface area contributed by atoms with Crippen molar-refractivity contribution in [3.05, 3.63) is 76.0 Å². The normalized spacial score (nSPS) is 10.9. The number of hydrogen-bond donors (Lipinski definition) is 1. The van der Waals surface area contributed by atoms with Crippen LogP contribution in [0.3, 0.4) is 0 Å². The highest BCUT2D eigenvalue weighted by Gasteiger charge is 2.16. The molecule has 0 aliphatic heterocycles. The summed E-state index contributed by atoms with van der Waals surface area (Å²) in [5, 5.41) is 3.52. The van der Waals surface area contributed by atoms with E-state index in [4.69, 9.17) is 0 Å². The zero-order valence-corrected chi connectivity index (χ0v) is 15.2. The minimum atomic E-state index is -0.404. The van der Waals surface area contributed by atoms with Gasteiger partial charge in [0.1, 0.15) is 17.0 Å². The number of carbonyl (C=O) groups is 1. The first-order valence-corrected chi connectivity index (χ1v) is 9.11. The molecule has 1 amide bonds. The average Bonchev–Trinajstić information content (AvgIpc) is 2.68. The standard InChI is InChI=1S/C21H22FN3O2/c1-2-3-4-11-24-20(26)18-13-16-6-5-12-23-19(16)25(21(18)27)14-15-7-9-17(22)10-8-15/h5-10,12-13H,2-4,11,14H2,1H3,(H,24,26). The van der Waals surface area contributed by atoms with Crippen LogP contribution in [0.4, 0.5) is 4.39 Å². The van der Waals surface area contributed by atoms with E-state index in [0.29, 0.717) is 17.6 Å². The Morgan fingerprint density at radius 3 is 2.70 bits per heavy atom. The number of nitrogens with zero attached hydrogens (tertiary/aromatic N) is 2. The molecule has 0 atom stereocenters. The molecule has 0 aliphatic rings. The summed E-state index contributed by atoms with van der Waals surface area (Å²) in [6.45, 7) is 2.84. The molecule has 0 saturated carbocycles. The Balaban J connectivity index is 1.98. The molecule has 6 heteroatoms. The summed E-state index contributed by atoms with van der Waals surface area (Å²) < 4.78 is 14.6. The second kappa shape index (κ2) is 8.58. The van der Waals surface area contributed by atoms with Crippen molar-refractivity contribution < 1.29 is 9.18 Å². The number of amides is 1. The molecule has 1 N–H and O–H groups in total. The molecule has 0 unspecified atom stereocenters. The third kappa shape index (κ3) is 4.39. The fourth-order valence-electron chi connectivity index (χ4n) is 2.96. The van der Waals surface area contributed by atoms with E-state index in [-0.39, 0.29) is 23.8 Å². The van der Waals surface area contributed by atoms with Crippen LogP contribution < -0.4 is 10.9 Å². The fourth-order valence-corrected chi connectivity index (χ4v) is 2.96. The molecule has 0 fully saturated rings. The lowest BCUT2D eigenvalue weighted by atomic mass is 10.1. The lowest BCUT2D eigenvalue weighted by Crippen LogP contribution is -2.34. The highest BCUT2D eigenvalue weighted by atomic mass is 19.1.